The van der Waals surface area contributed by atoms with E-state index in [4.69, 9.17) is 0 Å². The molecule has 9 heavy (non-hydrogen) atoms. The maximum atomic E-state index is 12.5. The molecule has 0 aliphatic heterocycles. The van der Waals surface area contributed by atoms with Gasteiger partial charge in [0.1, 0.15) is 0 Å². The van der Waals surface area contributed by atoms with Gasteiger partial charge in [0.2, 0.25) is 0 Å². The first-order chi connectivity index (χ1) is 4.00. The highest BCUT2D eigenvalue weighted by molar-refractivity contribution is 7.54. The van der Waals surface area contributed by atoms with Gasteiger partial charge in [-0.15, -0.1) is 0 Å². The maximum absolute atomic E-state index is 12.5. The van der Waals surface area contributed by atoms with Gasteiger partial charge >= 0.3 is 7.68 Å². The lowest BCUT2D eigenvalue weighted by atomic mass is 10.6. The summed E-state index contributed by atoms with van der Waals surface area (Å²) in [7, 11) is -3.76. The molecular weight excluding hydrogens is 142 g/mol. The Balaban J connectivity index is 3.87. The van der Waals surface area contributed by atoms with Crippen molar-refractivity contribution in [2.45, 2.75) is 26.4 Å². The van der Waals surface area contributed by atoms with E-state index < -0.39 is 13.3 Å². The van der Waals surface area contributed by atoms with Gasteiger partial charge in [0.15, 0.2) is 0 Å². The Bertz CT molecular complexity index is 124. The predicted molar refractivity (Wildman–Crippen MR) is 35.5 cm³/mol. The summed E-state index contributed by atoms with van der Waals surface area (Å²) in [5, 5.41) is 0. The Labute approximate surface area is 55.0 Å². The van der Waals surface area contributed by atoms with E-state index >= 15 is 0 Å². The van der Waals surface area contributed by atoms with E-state index in [9.17, 15) is 8.76 Å². The first-order valence-corrected chi connectivity index (χ1v) is 4.53. The third-order valence-corrected chi connectivity index (χ3v) is 2.77. The monoisotopic (exact) mass is 154 g/mol. The maximum Gasteiger partial charge on any atom is 0.369 e. The molecule has 0 bridgehead atoms. The van der Waals surface area contributed by atoms with Crippen LogP contribution in [0.4, 0.5) is 4.20 Å². The normalized spacial score (nSPS) is 17.9. The van der Waals surface area contributed by atoms with Crippen molar-refractivity contribution in [1.29, 1.82) is 0 Å². The molecule has 2 nitrogen and oxygen atoms in total. The highest BCUT2D eigenvalue weighted by atomic mass is 31.2. The summed E-state index contributed by atoms with van der Waals surface area (Å²) in [5.74, 6) is 0. The zero-order valence-electron chi connectivity index (χ0n) is 5.93. The van der Waals surface area contributed by atoms with Crippen LogP contribution >= 0.6 is 7.68 Å². The minimum atomic E-state index is -3.76. The van der Waals surface area contributed by atoms with Gasteiger partial charge < -0.3 is 4.52 Å². The third kappa shape index (κ3) is 2.97. The van der Waals surface area contributed by atoms with Crippen molar-refractivity contribution >= 4 is 7.68 Å². The molecule has 0 fully saturated rings. The average Bonchev–Trinajstić information content (AvgIpc) is 1.65. The van der Waals surface area contributed by atoms with Gasteiger partial charge in [-0.25, -0.2) is 0 Å². The second-order valence-corrected chi connectivity index (χ2v) is 4.37. The number of hydrogen-bond donors (Lipinski definition) is 0. The second-order valence-electron chi connectivity index (χ2n) is 2.03. The number of halogens is 1. The van der Waals surface area contributed by atoms with Gasteiger partial charge in [-0.05, 0) is 6.92 Å². The van der Waals surface area contributed by atoms with E-state index in [1.807, 2.05) is 0 Å². The molecule has 1 unspecified atom stereocenters. The molecule has 0 N–H and O–H groups in total. The molecule has 0 amide bonds. The fourth-order valence-electron chi connectivity index (χ4n) is 0.325. The summed E-state index contributed by atoms with van der Waals surface area (Å²) in [6, 6.07) is 0. The molecule has 0 rings (SSSR count). The molecule has 56 valence electrons. The van der Waals surface area contributed by atoms with Crippen molar-refractivity contribution in [1.82, 2.24) is 0 Å². The van der Waals surface area contributed by atoms with Crippen molar-refractivity contribution < 1.29 is 13.3 Å². The molecule has 0 saturated carbocycles. The predicted octanol–water partition coefficient (Wildman–Crippen LogP) is 2.59. The molecule has 0 aromatic heterocycles. The van der Waals surface area contributed by atoms with Crippen molar-refractivity contribution in [3.05, 3.63) is 0 Å². The Morgan fingerprint density at radius 2 is 2.11 bits per heavy atom. The molecule has 0 aliphatic carbocycles. The zero-order chi connectivity index (χ0) is 7.49. The van der Waals surface area contributed by atoms with Crippen LogP contribution < -0.4 is 0 Å². The first kappa shape index (κ1) is 9.12. The molecule has 0 heterocycles. The van der Waals surface area contributed by atoms with Crippen LogP contribution in [0.1, 0.15) is 20.8 Å². The van der Waals surface area contributed by atoms with Crippen LogP contribution in [0, 0.1) is 0 Å². The molecule has 0 aromatic carbocycles. The Kier molecular flexibility index (Phi) is 3.37. The van der Waals surface area contributed by atoms with Gasteiger partial charge in [-0.1, -0.05) is 13.8 Å². The molecule has 0 saturated heterocycles. The Morgan fingerprint density at radius 3 is 2.22 bits per heavy atom. The fourth-order valence-corrected chi connectivity index (χ4v) is 0.975. The first-order valence-electron chi connectivity index (χ1n) is 2.94. The van der Waals surface area contributed by atoms with Crippen LogP contribution in [0.15, 0.2) is 0 Å². The van der Waals surface area contributed by atoms with Crippen LogP contribution in [0.25, 0.3) is 0 Å². The van der Waals surface area contributed by atoms with Crippen molar-refractivity contribution in [2.75, 3.05) is 6.61 Å². The minimum absolute atomic E-state index is 0.173. The van der Waals surface area contributed by atoms with Crippen LogP contribution in [-0.4, -0.2) is 12.3 Å². The van der Waals surface area contributed by atoms with Gasteiger partial charge in [0, 0.05) is 0 Å². The summed E-state index contributed by atoms with van der Waals surface area (Å²) in [6.45, 7) is 4.87. The molecule has 0 aromatic rings. The summed E-state index contributed by atoms with van der Waals surface area (Å²) >= 11 is 0. The van der Waals surface area contributed by atoms with E-state index in [0.29, 0.717) is 0 Å². The molecule has 0 spiro atoms. The van der Waals surface area contributed by atoms with E-state index in [2.05, 4.69) is 4.52 Å². The Morgan fingerprint density at radius 1 is 1.67 bits per heavy atom. The quantitative estimate of drug-likeness (QED) is 0.584. The van der Waals surface area contributed by atoms with Crippen LogP contribution in [0.5, 0.6) is 0 Å². The van der Waals surface area contributed by atoms with E-state index in [-0.39, 0.29) is 6.61 Å². The second kappa shape index (κ2) is 3.33. The molecular formula is C5H12FO2P. The number of hydrogen-bond acceptors (Lipinski definition) is 2. The van der Waals surface area contributed by atoms with Crippen molar-refractivity contribution in [3.63, 3.8) is 0 Å². The van der Waals surface area contributed by atoms with Crippen molar-refractivity contribution in [3.8, 4) is 0 Å². The van der Waals surface area contributed by atoms with Crippen LogP contribution in [0.2, 0.25) is 0 Å². The summed E-state index contributed by atoms with van der Waals surface area (Å²) in [5.41, 5.74) is -0.516. The summed E-state index contributed by atoms with van der Waals surface area (Å²) in [6.07, 6.45) is 0. The lowest BCUT2D eigenvalue weighted by molar-refractivity contribution is 0.298. The van der Waals surface area contributed by atoms with E-state index in [0.717, 1.165) is 0 Å². The topological polar surface area (TPSA) is 26.3 Å². The Hall–Kier alpha value is 0.120. The van der Waals surface area contributed by atoms with E-state index in [1.54, 1.807) is 6.92 Å². The van der Waals surface area contributed by atoms with E-state index in [1.165, 1.54) is 13.8 Å². The highest BCUT2D eigenvalue weighted by Gasteiger charge is 2.25. The van der Waals surface area contributed by atoms with Crippen LogP contribution in [0.3, 0.4) is 0 Å². The summed E-state index contributed by atoms with van der Waals surface area (Å²) < 4.78 is 27.6. The smallest absolute Gasteiger partial charge is 0.306 e. The van der Waals surface area contributed by atoms with Gasteiger partial charge in [0.25, 0.3) is 0 Å². The largest absolute Gasteiger partial charge is 0.369 e. The standard InChI is InChI=1S/C5H12FO2P/c1-4-8-9(6,7)5(2)3/h5H,4H2,1-3H3. The average molecular weight is 154 g/mol. The van der Waals surface area contributed by atoms with Gasteiger partial charge in [-0.2, -0.15) is 4.20 Å². The molecule has 0 radical (unpaired) electrons. The fraction of sp³-hybridized carbons (Fsp3) is 1.00. The lowest BCUT2D eigenvalue weighted by Gasteiger charge is -2.10. The minimum Gasteiger partial charge on any atom is -0.306 e. The molecule has 1 atom stereocenters. The van der Waals surface area contributed by atoms with Crippen LogP contribution in [-0.2, 0) is 9.09 Å². The molecule has 4 heteroatoms. The SMILES string of the molecule is CCOP(=O)(F)C(C)C. The van der Waals surface area contributed by atoms with Gasteiger partial charge in [-0.3, -0.25) is 4.57 Å². The van der Waals surface area contributed by atoms with Crippen molar-refractivity contribution in [2.24, 2.45) is 0 Å². The number of rotatable bonds is 3. The molecule has 0 aliphatic rings. The summed E-state index contributed by atoms with van der Waals surface area (Å²) in [4.78, 5) is 0. The lowest BCUT2D eigenvalue weighted by Crippen LogP contribution is -1.96. The zero-order valence-corrected chi connectivity index (χ0v) is 6.82. The van der Waals surface area contributed by atoms with Gasteiger partial charge in [0.05, 0.1) is 12.3 Å². The highest BCUT2D eigenvalue weighted by Crippen LogP contribution is 2.52. The third-order valence-electron chi connectivity index (χ3n) is 0.922.